The lowest BCUT2D eigenvalue weighted by molar-refractivity contribution is 0.0189. The van der Waals surface area contributed by atoms with E-state index in [1.807, 2.05) is 42.5 Å². The number of amides is 1. The van der Waals surface area contributed by atoms with Gasteiger partial charge < -0.3 is 26.0 Å². The summed E-state index contributed by atoms with van der Waals surface area (Å²) in [6.07, 6.45) is -3.39. The van der Waals surface area contributed by atoms with Gasteiger partial charge in [-0.05, 0) is 40.5 Å². The van der Waals surface area contributed by atoms with Crippen LogP contribution in [0.1, 0.15) is 34.3 Å². The van der Waals surface area contributed by atoms with Gasteiger partial charge in [-0.25, -0.2) is 4.79 Å². The van der Waals surface area contributed by atoms with Crippen LogP contribution in [-0.4, -0.2) is 35.6 Å². The molecule has 0 bridgehead atoms. The number of aliphatic hydroxyl groups is 2. The standard InChI is InChI=1S/C25H23N3O4/c26-12-15-9-10-22(27)20(11-15)24(30)23(29)13-28-25(31)32-14-21-18-7-3-1-5-16(18)17-6-2-4-8-19(17)21/h1-11,21,23-24,29-30H,13-14,27H2,(H,28,31). The highest BCUT2D eigenvalue weighted by atomic mass is 16.5. The van der Waals surface area contributed by atoms with E-state index in [-0.39, 0.29) is 30.3 Å². The van der Waals surface area contributed by atoms with Crippen molar-refractivity contribution in [1.29, 1.82) is 5.26 Å². The number of alkyl carbamates (subject to hydrolysis) is 1. The molecule has 7 heteroatoms. The first-order valence-electron chi connectivity index (χ1n) is 10.2. The molecule has 4 rings (SSSR count). The van der Waals surface area contributed by atoms with E-state index < -0.39 is 18.3 Å². The molecule has 1 aliphatic carbocycles. The Morgan fingerprint density at radius 1 is 1.06 bits per heavy atom. The number of aliphatic hydroxyl groups excluding tert-OH is 2. The molecule has 2 atom stereocenters. The van der Waals surface area contributed by atoms with Crippen molar-refractivity contribution in [2.45, 2.75) is 18.1 Å². The summed E-state index contributed by atoms with van der Waals surface area (Å²) in [4.78, 5) is 12.3. The van der Waals surface area contributed by atoms with Gasteiger partial charge in [0.1, 0.15) is 18.8 Å². The second-order valence-corrected chi connectivity index (χ2v) is 7.67. The molecule has 0 saturated carbocycles. The number of nitrogen functional groups attached to an aromatic ring is 1. The highest BCUT2D eigenvalue weighted by molar-refractivity contribution is 5.79. The Balaban J connectivity index is 1.36. The molecule has 0 aromatic heterocycles. The first-order chi connectivity index (χ1) is 15.5. The third-order valence-corrected chi connectivity index (χ3v) is 5.70. The van der Waals surface area contributed by atoms with E-state index in [0.717, 1.165) is 22.3 Å². The Hall–Kier alpha value is -3.86. The molecule has 0 heterocycles. The summed E-state index contributed by atoms with van der Waals surface area (Å²) in [6.45, 7) is -0.0935. The van der Waals surface area contributed by atoms with Crippen LogP contribution < -0.4 is 11.1 Å². The molecule has 7 nitrogen and oxygen atoms in total. The van der Waals surface area contributed by atoms with Gasteiger partial charge in [-0.3, -0.25) is 0 Å². The van der Waals surface area contributed by atoms with Gasteiger partial charge in [0.15, 0.2) is 0 Å². The van der Waals surface area contributed by atoms with Crippen molar-refractivity contribution < 1.29 is 19.7 Å². The third kappa shape index (κ3) is 4.14. The molecule has 0 spiro atoms. The van der Waals surface area contributed by atoms with Crippen LogP contribution in [-0.2, 0) is 4.74 Å². The molecule has 162 valence electrons. The number of nitrogens with two attached hydrogens (primary N) is 1. The van der Waals surface area contributed by atoms with Crippen molar-refractivity contribution in [3.8, 4) is 17.2 Å². The normalized spacial score (nSPS) is 14.0. The first-order valence-corrected chi connectivity index (χ1v) is 10.2. The summed E-state index contributed by atoms with van der Waals surface area (Å²) >= 11 is 0. The number of benzene rings is 3. The monoisotopic (exact) mass is 429 g/mol. The third-order valence-electron chi connectivity index (χ3n) is 5.70. The number of carbonyl (C=O) groups is 1. The minimum atomic E-state index is -1.36. The maximum atomic E-state index is 12.3. The van der Waals surface area contributed by atoms with Crippen LogP contribution in [0.15, 0.2) is 66.7 Å². The maximum Gasteiger partial charge on any atom is 0.407 e. The van der Waals surface area contributed by atoms with E-state index >= 15 is 0 Å². The Kier molecular flexibility index (Phi) is 6.08. The van der Waals surface area contributed by atoms with E-state index in [0.29, 0.717) is 5.56 Å². The second-order valence-electron chi connectivity index (χ2n) is 7.67. The van der Waals surface area contributed by atoms with Crippen molar-refractivity contribution in [2.75, 3.05) is 18.9 Å². The van der Waals surface area contributed by atoms with E-state index in [2.05, 4.69) is 17.4 Å². The Labute approximate surface area is 185 Å². The predicted molar refractivity (Wildman–Crippen MR) is 120 cm³/mol. The minimum absolute atomic E-state index is 0.0721. The zero-order chi connectivity index (χ0) is 22.7. The van der Waals surface area contributed by atoms with Crippen LogP contribution in [0.5, 0.6) is 0 Å². The van der Waals surface area contributed by atoms with Crippen LogP contribution in [0.25, 0.3) is 11.1 Å². The van der Waals surface area contributed by atoms with E-state index in [4.69, 9.17) is 15.7 Å². The maximum absolute atomic E-state index is 12.3. The van der Waals surface area contributed by atoms with Gasteiger partial charge in [-0.15, -0.1) is 0 Å². The number of nitriles is 1. The number of carbonyl (C=O) groups excluding carboxylic acids is 1. The van der Waals surface area contributed by atoms with Crippen molar-refractivity contribution in [3.63, 3.8) is 0 Å². The van der Waals surface area contributed by atoms with Crippen LogP contribution in [0.4, 0.5) is 10.5 Å². The van der Waals surface area contributed by atoms with Gasteiger partial charge in [0.05, 0.1) is 11.6 Å². The van der Waals surface area contributed by atoms with Crippen molar-refractivity contribution in [3.05, 3.63) is 89.0 Å². The SMILES string of the molecule is N#Cc1ccc(N)c(C(O)C(O)CNC(=O)OCC2c3ccccc3-c3ccccc32)c1. The summed E-state index contributed by atoms with van der Waals surface area (Å²) in [5.74, 6) is -0.0721. The number of nitrogens with zero attached hydrogens (tertiary/aromatic N) is 1. The van der Waals surface area contributed by atoms with E-state index in [9.17, 15) is 15.0 Å². The topological polar surface area (TPSA) is 129 Å². The van der Waals surface area contributed by atoms with Gasteiger partial charge in [0.25, 0.3) is 0 Å². The molecule has 3 aromatic carbocycles. The molecule has 5 N–H and O–H groups in total. The van der Waals surface area contributed by atoms with Gasteiger partial charge in [0, 0.05) is 23.7 Å². The Bertz CT molecular complexity index is 1140. The first kappa shape index (κ1) is 21.4. The number of anilines is 1. The Morgan fingerprint density at radius 3 is 2.31 bits per heavy atom. The largest absolute Gasteiger partial charge is 0.449 e. The molecule has 2 unspecified atom stereocenters. The summed E-state index contributed by atoms with van der Waals surface area (Å²) in [6, 6.07) is 22.4. The number of hydrogen-bond acceptors (Lipinski definition) is 6. The molecule has 0 radical (unpaired) electrons. The second kappa shape index (κ2) is 9.10. The molecule has 32 heavy (non-hydrogen) atoms. The van der Waals surface area contributed by atoms with Gasteiger partial charge >= 0.3 is 6.09 Å². The lowest BCUT2D eigenvalue weighted by atomic mass is 9.98. The molecule has 3 aromatic rings. The van der Waals surface area contributed by atoms with Crippen molar-refractivity contribution in [2.24, 2.45) is 0 Å². The molecule has 0 saturated heterocycles. The Morgan fingerprint density at radius 2 is 1.69 bits per heavy atom. The number of nitrogens with one attached hydrogen (secondary N) is 1. The highest BCUT2D eigenvalue weighted by Gasteiger charge is 2.29. The van der Waals surface area contributed by atoms with Crippen molar-refractivity contribution >= 4 is 11.8 Å². The number of hydrogen-bond donors (Lipinski definition) is 4. The minimum Gasteiger partial charge on any atom is -0.449 e. The molecular formula is C25H23N3O4. The zero-order valence-electron chi connectivity index (χ0n) is 17.2. The van der Waals surface area contributed by atoms with E-state index in [1.54, 1.807) is 0 Å². The van der Waals surface area contributed by atoms with Crippen LogP contribution in [0.3, 0.4) is 0 Å². The zero-order valence-corrected chi connectivity index (χ0v) is 17.2. The number of ether oxygens (including phenoxy) is 1. The highest BCUT2D eigenvalue weighted by Crippen LogP contribution is 2.44. The van der Waals surface area contributed by atoms with E-state index in [1.165, 1.54) is 18.2 Å². The van der Waals surface area contributed by atoms with Gasteiger partial charge in [-0.2, -0.15) is 5.26 Å². The average molecular weight is 429 g/mol. The van der Waals surface area contributed by atoms with Crippen LogP contribution in [0, 0.1) is 11.3 Å². The number of fused-ring (bicyclic) bond motifs is 3. The molecule has 0 fully saturated rings. The fraction of sp³-hybridized carbons (Fsp3) is 0.200. The van der Waals surface area contributed by atoms with Crippen LogP contribution in [0.2, 0.25) is 0 Å². The quantitative estimate of drug-likeness (QED) is 0.446. The average Bonchev–Trinajstić information content (AvgIpc) is 3.14. The molecule has 0 aliphatic heterocycles. The smallest absolute Gasteiger partial charge is 0.407 e. The summed E-state index contributed by atoms with van der Waals surface area (Å²) in [7, 11) is 0. The summed E-state index contributed by atoms with van der Waals surface area (Å²) in [5, 5.41) is 32.2. The fourth-order valence-corrected chi connectivity index (χ4v) is 4.06. The summed E-state index contributed by atoms with van der Waals surface area (Å²) in [5.41, 5.74) is 11.1. The van der Waals surface area contributed by atoms with Crippen molar-refractivity contribution in [1.82, 2.24) is 5.32 Å². The van der Waals surface area contributed by atoms with Crippen LogP contribution >= 0.6 is 0 Å². The lowest BCUT2D eigenvalue weighted by Crippen LogP contribution is -2.36. The summed E-state index contributed by atoms with van der Waals surface area (Å²) < 4.78 is 5.43. The molecular weight excluding hydrogens is 406 g/mol. The molecule has 1 amide bonds. The predicted octanol–water partition coefficient (Wildman–Crippen LogP) is 3.07. The van der Waals surface area contributed by atoms with Gasteiger partial charge in [-0.1, -0.05) is 48.5 Å². The van der Waals surface area contributed by atoms with Gasteiger partial charge in [0.2, 0.25) is 0 Å². The fourth-order valence-electron chi connectivity index (χ4n) is 4.06. The number of rotatable bonds is 6. The lowest BCUT2D eigenvalue weighted by Gasteiger charge is -2.20. The molecule has 1 aliphatic rings.